The second-order valence-electron chi connectivity index (χ2n) is 7.51. The van der Waals surface area contributed by atoms with E-state index in [0.717, 1.165) is 0 Å². The highest BCUT2D eigenvalue weighted by molar-refractivity contribution is 5.94. The fraction of sp³-hybridized carbons (Fsp3) is 0.789. The monoisotopic (exact) mass is 413 g/mol. The summed E-state index contributed by atoms with van der Waals surface area (Å²) in [6.07, 6.45) is 3.28. The minimum Gasteiger partial charge on any atom is -0.480 e. The number of nitrogens with one attached hydrogen (secondary N) is 2. The summed E-state index contributed by atoms with van der Waals surface area (Å²) in [5.74, 6) is -2.50. The molecule has 0 aliphatic carbocycles. The molecule has 10 nitrogen and oxygen atoms in total. The normalized spacial score (nSPS) is 19.3. The van der Waals surface area contributed by atoms with Gasteiger partial charge in [0.2, 0.25) is 17.7 Å². The number of rotatable bonds is 12. The highest BCUT2D eigenvalue weighted by Crippen LogP contribution is 2.21. The summed E-state index contributed by atoms with van der Waals surface area (Å²) < 4.78 is 0. The van der Waals surface area contributed by atoms with Crippen LogP contribution in [-0.2, 0) is 19.2 Å². The molecule has 4 unspecified atom stereocenters. The summed E-state index contributed by atoms with van der Waals surface area (Å²) in [5.41, 5.74) is 10.8. The van der Waals surface area contributed by atoms with Gasteiger partial charge in [-0.15, -0.1) is 0 Å². The van der Waals surface area contributed by atoms with Crippen molar-refractivity contribution in [1.29, 1.82) is 0 Å². The lowest BCUT2D eigenvalue weighted by molar-refractivity contribution is -0.145. The van der Waals surface area contributed by atoms with E-state index in [0.29, 0.717) is 45.2 Å². The molecule has 0 saturated carbocycles. The number of carbonyl (C=O) groups excluding carboxylic acids is 3. The molecule has 10 heteroatoms. The Labute approximate surface area is 171 Å². The van der Waals surface area contributed by atoms with Crippen LogP contribution in [0.2, 0.25) is 0 Å². The van der Waals surface area contributed by atoms with Crippen molar-refractivity contribution >= 4 is 23.7 Å². The molecule has 1 fully saturated rings. The van der Waals surface area contributed by atoms with Gasteiger partial charge in [-0.25, -0.2) is 4.79 Å². The van der Waals surface area contributed by atoms with E-state index in [1.165, 1.54) is 4.90 Å². The number of nitrogens with zero attached hydrogens (tertiary/aromatic N) is 1. The van der Waals surface area contributed by atoms with E-state index in [1.54, 1.807) is 0 Å². The molecule has 1 aliphatic heterocycles. The van der Waals surface area contributed by atoms with Crippen molar-refractivity contribution in [2.75, 3.05) is 19.6 Å². The van der Waals surface area contributed by atoms with E-state index in [1.807, 2.05) is 13.8 Å². The van der Waals surface area contributed by atoms with Gasteiger partial charge in [-0.1, -0.05) is 20.3 Å². The van der Waals surface area contributed by atoms with Crippen molar-refractivity contribution in [3.8, 4) is 0 Å². The largest absolute Gasteiger partial charge is 0.480 e. The smallest absolute Gasteiger partial charge is 0.326 e. The van der Waals surface area contributed by atoms with E-state index in [4.69, 9.17) is 11.5 Å². The van der Waals surface area contributed by atoms with Crippen LogP contribution in [0.25, 0.3) is 0 Å². The lowest BCUT2D eigenvalue weighted by atomic mass is 9.97. The standard InChI is InChI=1S/C19H35N5O5/c1-3-12(2)16(23-15(25)11-21)18(27)24-10-6-8-14(24)17(26)22-13(19(28)29)7-4-5-9-20/h12-14,16H,3-11,20-21H2,1-2H3,(H,22,26)(H,23,25)(H,28,29). The van der Waals surface area contributed by atoms with Crippen molar-refractivity contribution in [3.63, 3.8) is 0 Å². The summed E-state index contributed by atoms with van der Waals surface area (Å²) in [4.78, 5) is 50.5. The maximum Gasteiger partial charge on any atom is 0.326 e. The molecule has 0 aromatic carbocycles. The first kappa shape index (κ1) is 24.8. The zero-order valence-corrected chi connectivity index (χ0v) is 17.4. The third-order valence-electron chi connectivity index (χ3n) is 5.38. The Hall–Kier alpha value is -2.20. The number of hydrogen-bond acceptors (Lipinski definition) is 6. The average Bonchev–Trinajstić information content (AvgIpc) is 3.19. The van der Waals surface area contributed by atoms with Gasteiger partial charge in [-0.05, 0) is 44.6 Å². The molecule has 0 bridgehead atoms. The summed E-state index contributed by atoms with van der Waals surface area (Å²) in [5, 5.41) is 14.6. The highest BCUT2D eigenvalue weighted by Gasteiger charge is 2.39. The number of amides is 3. The van der Waals surface area contributed by atoms with Crippen molar-refractivity contribution < 1.29 is 24.3 Å². The van der Waals surface area contributed by atoms with E-state index in [2.05, 4.69) is 10.6 Å². The molecule has 3 amide bonds. The first-order chi connectivity index (χ1) is 13.8. The van der Waals surface area contributed by atoms with Crippen LogP contribution in [0.5, 0.6) is 0 Å². The molecular formula is C19H35N5O5. The quantitative estimate of drug-likeness (QED) is 0.260. The van der Waals surface area contributed by atoms with Gasteiger partial charge >= 0.3 is 5.97 Å². The number of carboxylic acids is 1. The Balaban J connectivity index is 2.87. The predicted molar refractivity (Wildman–Crippen MR) is 108 cm³/mol. The molecule has 4 atom stereocenters. The molecule has 1 heterocycles. The van der Waals surface area contributed by atoms with Gasteiger partial charge in [0.25, 0.3) is 0 Å². The van der Waals surface area contributed by atoms with Gasteiger partial charge in [0.1, 0.15) is 18.1 Å². The van der Waals surface area contributed by atoms with E-state index in [-0.39, 0.29) is 24.8 Å². The highest BCUT2D eigenvalue weighted by atomic mass is 16.4. The summed E-state index contributed by atoms with van der Waals surface area (Å²) in [6.45, 7) is 4.37. The summed E-state index contributed by atoms with van der Waals surface area (Å²) in [6, 6.07) is -2.54. The fourth-order valence-electron chi connectivity index (χ4n) is 3.42. The van der Waals surface area contributed by atoms with Crippen LogP contribution < -0.4 is 22.1 Å². The van der Waals surface area contributed by atoms with E-state index < -0.39 is 35.9 Å². The molecule has 166 valence electrons. The van der Waals surface area contributed by atoms with Gasteiger partial charge in [0, 0.05) is 6.54 Å². The van der Waals surface area contributed by atoms with Gasteiger partial charge in [0.15, 0.2) is 0 Å². The molecule has 0 aromatic heterocycles. The van der Waals surface area contributed by atoms with Crippen LogP contribution in [-0.4, -0.2) is 71.5 Å². The number of hydrogen-bond donors (Lipinski definition) is 5. The first-order valence-corrected chi connectivity index (χ1v) is 10.3. The van der Waals surface area contributed by atoms with E-state index in [9.17, 15) is 24.3 Å². The van der Waals surface area contributed by atoms with Crippen LogP contribution in [0, 0.1) is 5.92 Å². The zero-order valence-electron chi connectivity index (χ0n) is 17.4. The van der Waals surface area contributed by atoms with Crippen molar-refractivity contribution in [2.24, 2.45) is 17.4 Å². The molecule has 29 heavy (non-hydrogen) atoms. The van der Waals surface area contributed by atoms with Crippen molar-refractivity contribution in [2.45, 2.75) is 70.5 Å². The minimum atomic E-state index is -1.11. The molecule has 0 aromatic rings. The summed E-state index contributed by atoms with van der Waals surface area (Å²) in [7, 11) is 0. The number of nitrogens with two attached hydrogens (primary N) is 2. The summed E-state index contributed by atoms with van der Waals surface area (Å²) >= 11 is 0. The second-order valence-corrected chi connectivity index (χ2v) is 7.51. The molecular weight excluding hydrogens is 378 g/mol. The Morgan fingerprint density at radius 1 is 1.17 bits per heavy atom. The van der Waals surface area contributed by atoms with Crippen LogP contribution in [0.4, 0.5) is 0 Å². The Morgan fingerprint density at radius 2 is 1.86 bits per heavy atom. The van der Waals surface area contributed by atoms with Crippen LogP contribution in [0.3, 0.4) is 0 Å². The van der Waals surface area contributed by atoms with Gasteiger partial charge < -0.3 is 32.1 Å². The van der Waals surface area contributed by atoms with Crippen LogP contribution in [0.15, 0.2) is 0 Å². The number of carboxylic acid groups (broad SMARTS) is 1. The Morgan fingerprint density at radius 3 is 2.41 bits per heavy atom. The lowest BCUT2D eigenvalue weighted by Crippen LogP contribution is -2.57. The second kappa shape index (κ2) is 12.4. The lowest BCUT2D eigenvalue weighted by Gasteiger charge is -2.31. The Bertz CT molecular complexity index is 585. The number of carbonyl (C=O) groups is 4. The number of likely N-dealkylation sites (tertiary alicyclic amines) is 1. The van der Waals surface area contributed by atoms with Crippen molar-refractivity contribution in [1.82, 2.24) is 15.5 Å². The van der Waals surface area contributed by atoms with Gasteiger partial charge in [-0.3, -0.25) is 14.4 Å². The topological polar surface area (TPSA) is 168 Å². The SMILES string of the molecule is CCC(C)C(NC(=O)CN)C(=O)N1CCCC1C(=O)NC(CCCCN)C(=O)O. The average molecular weight is 414 g/mol. The van der Waals surface area contributed by atoms with Gasteiger partial charge in [-0.2, -0.15) is 0 Å². The fourth-order valence-corrected chi connectivity index (χ4v) is 3.42. The zero-order chi connectivity index (χ0) is 22.0. The first-order valence-electron chi connectivity index (χ1n) is 10.3. The van der Waals surface area contributed by atoms with Crippen molar-refractivity contribution in [3.05, 3.63) is 0 Å². The maximum atomic E-state index is 13.1. The third-order valence-corrected chi connectivity index (χ3v) is 5.38. The van der Waals surface area contributed by atoms with Crippen LogP contribution >= 0.6 is 0 Å². The molecule has 0 radical (unpaired) electrons. The molecule has 1 saturated heterocycles. The molecule has 1 rings (SSSR count). The minimum absolute atomic E-state index is 0.134. The molecule has 0 spiro atoms. The number of aliphatic carboxylic acids is 1. The van der Waals surface area contributed by atoms with Crippen LogP contribution in [0.1, 0.15) is 52.4 Å². The number of unbranched alkanes of at least 4 members (excludes halogenated alkanes) is 1. The molecule has 7 N–H and O–H groups in total. The Kier molecular flexibility index (Phi) is 10.6. The van der Waals surface area contributed by atoms with Gasteiger partial charge in [0.05, 0.1) is 6.54 Å². The molecule has 1 aliphatic rings. The van der Waals surface area contributed by atoms with E-state index >= 15 is 0 Å². The maximum absolute atomic E-state index is 13.1. The third kappa shape index (κ3) is 7.28. The predicted octanol–water partition coefficient (Wildman–Crippen LogP) is -0.835.